The van der Waals surface area contributed by atoms with Crippen molar-refractivity contribution >= 4 is 36.4 Å². The van der Waals surface area contributed by atoms with E-state index in [0.29, 0.717) is 18.5 Å². The molecule has 23 heavy (non-hydrogen) atoms. The Balaban J connectivity index is 0.00000132. The minimum absolute atomic E-state index is 0. The first kappa shape index (κ1) is 19.4. The highest BCUT2D eigenvalue weighted by molar-refractivity contribution is 6.03. The van der Waals surface area contributed by atoms with Crippen LogP contribution in [0.4, 0.5) is 10.1 Å². The van der Waals surface area contributed by atoms with Gasteiger partial charge in [0.25, 0.3) is 5.91 Å². The molecule has 0 atom stereocenters. The second-order valence-electron chi connectivity index (χ2n) is 5.11. The average molecular weight is 358 g/mol. The van der Waals surface area contributed by atoms with E-state index in [-0.39, 0.29) is 42.0 Å². The molecule has 0 fully saturated rings. The number of halogens is 3. The molecule has 3 rings (SSSR count). The minimum Gasteiger partial charge on any atom is -0.318 e. The Kier molecular flexibility index (Phi) is 6.94. The van der Waals surface area contributed by atoms with Gasteiger partial charge >= 0.3 is 0 Å². The van der Waals surface area contributed by atoms with Gasteiger partial charge in [0.2, 0.25) is 0 Å². The molecule has 4 nitrogen and oxygen atoms in total. The van der Waals surface area contributed by atoms with Gasteiger partial charge in [-0.2, -0.15) is 0 Å². The summed E-state index contributed by atoms with van der Waals surface area (Å²) in [6.07, 6.45) is 0.633. The van der Waals surface area contributed by atoms with Crippen molar-refractivity contribution in [3.8, 4) is 0 Å². The van der Waals surface area contributed by atoms with Crippen LogP contribution in [-0.4, -0.2) is 17.4 Å². The zero-order valence-corrected chi connectivity index (χ0v) is 14.2. The minimum atomic E-state index is -0.397. The van der Waals surface area contributed by atoms with Gasteiger partial charge in [0.15, 0.2) is 0 Å². The monoisotopic (exact) mass is 357 g/mol. The Bertz CT molecular complexity index is 710. The number of carbonyl (C=O) groups excluding carboxylic acids is 1. The number of rotatable bonds is 2. The molecule has 0 aliphatic carbocycles. The van der Waals surface area contributed by atoms with Crippen molar-refractivity contribution < 1.29 is 9.18 Å². The summed E-state index contributed by atoms with van der Waals surface area (Å²) in [5.74, 6) is -0.735. The molecule has 1 amide bonds. The molecule has 1 aliphatic heterocycles. The summed E-state index contributed by atoms with van der Waals surface area (Å²) in [7, 11) is 0. The second-order valence-corrected chi connectivity index (χ2v) is 5.11. The van der Waals surface area contributed by atoms with E-state index in [4.69, 9.17) is 0 Å². The Morgan fingerprint density at radius 2 is 2.04 bits per heavy atom. The maximum Gasteiger partial charge on any atom is 0.274 e. The van der Waals surface area contributed by atoms with Crippen LogP contribution in [0.2, 0.25) is 0 Å². The number of hydrogen-bond donors (Lipinski definition) is 2. The Morgan fingerprint density at radius 3 is 2.78 bits per heavy atom. The number of aromatic nitrogens is 1. The number of nitrogens with zero attached hydrogens (tertiary/aromatic N) is 1. The molecule has 0 bridgehead atoms. The molecular formula is C16H18Cl2FN3O. The van der Waals surface area contributed by atoms with Gasteiger partial charge in [-0.3, -0.25) is 4.79 Å². The largest absolute Gasteiger partial charge is 0.318 e. The van der Waals surface area contributed by atoms with Crippen LogP contribution in [-0.2, 0) is 13.0 Å². The predicted octanol–water partition coefficient (Wildman–Crippen LogP) is 3.27. The van der Waals surface area contributed by atoms with Gasteiger partial charge in [-0.05, 0) is 49.2 Å². The first-order chi connectivity index (χ1) is 10.1. The Morgan fingerprint density at radius 1 is 1.26 bits per heavy atom. The number of aryl methyl sites for hydroxylation is 1. The van der Waals surface area contributed by atoms with Crippen LogP contribution >= 0.6 is 24.8 Å². The highest BCUT2D eigenvalue weighted by Gasteiger charge is 2.18. The number of nitrogens with one attached hydrogen (secondary N) is 2. The molecule has 1 aliphatic rings. The standard InChI is InChI=1S/C16H16FN3O.2ClH/c1-10-3-2-4-14(19-10)16(21)20-13-6-5-11-9-18-8-7-12(11)15(13)17;;/h2-6,18H,7-9H2,1H3,(H,20,21);2*1H. The fourth-order valence-corrected chi connectivity index (χ4v) is 2.49. The van der Waals surface area contributed by atoms with E-state index < -0.39 is 5.91 Å². The van der Waals surface area contributed by atoms with E-state index in [1.54, 1.807) is 18.2 Å². The molecule has 0 unspecified atom stereocenters. The smallest absolute Gasteiger partial charge is 0.274 e. The first-order valence-electron chi connectivity index (χ1n) is 6.91. The molecular weight excluding hydrogens is 340 g/mol. The summed E-state index contributed by atoms with van der Waals surface area (Å²) in [4.78, 5) is 16.3. The van der Waals surface area contributed by atoms with E-state index >= 15 is 0 Å². The number of anilines is 1. The van der Waals surface area contributed by atoms with Crippen molar-refractivity contribution in [3.63, 3.8) is 0 Å². The highest BCUT2D eigenvalue weighted by atomic mass is 35.5. The van der Waals surface area contributed by atoms with Gasteiger partial charge in [-0.15, -0.1) is 24.8 Å². The first-order valence-corrected chi connectivity index (χ1v) is 6.91. The lowest BCUT2D eigenvalue weighted by atomic mass is 9.99. The molecule has 0 saturated heterocycles. The number of hydrogen-bond acceptors (Lipinski definition) is 3. The van der Waals surface area contributed by atoms with Gasteiger partial charge in [-0.25, -0.2) is 9.37 Å². The van der Waals surface area contributed by atoms with Gasteiger partial charge in [-0.1, -0.05) is 12.1 Å². The third-order valence-corrected chi connectivity index (χ3v) is 3.58. The topological polar surface area (TPSA) is 54.0 Å². The second kappa shape index (κ2) is 8.24. The Labute approximate surface area is 146 Å². The van der Waals surface area contributed by atoms with Crippen molar-refractivity contribution in [3.05, 3.63) is 58.7 Å². The van der Waals surface area contributed by atoms with E-state index in [1.807, 2.05) is 19.1 Å². The van der Waals surface area contributed by atoms with Crippen LogP contribution in [0, 0.1) is 12.7 Å². The maximum absolute atomic E-state index is 14.4. The van der Waals surface area contributed by atoms with Crippen LogP contribution in [0.25, 0.3) is 0 Å². The molecule has 2 N–H and O–H groups in total. The van der Waals surface area contributed by atoms with Gasteiger partial charge in [0.05, 0.1) is 5.69 Å². The fraction of sp³-hybridized carbons (Fsp3) is 0.250. The number of amides is 1. The quantitative estimate of drug-likeness (QED) is 0.867. The SMILES string of the molecule is Cc1cccc(C(=O)Nc2ccc3c(c2F)CCNC3)n1.Cl.Cl. The van der Waals surface area contributed by atoms with E-state index in [1.165, 1.54) is 0 Å². The molecule has 0 spiro atoms. The number of benzene rings is 1. The lowest BCUT2D eigenvalue weighted by molar-refractivity contribution is 0.102. The number of fused-ring (bicyclic) bond motifs is 1. The lowest BCUT2D eigenvalue weighted by Crippen LogP contribution is -2.25. The maximum atomic E-state index is 14.4. The highest BCUT2D eigenvalue weighted by Crippen LogP contribution is 2.24. The summed E-state index contributed by atoms with van der Waals surface area (Å²) in [5.41, 5.74) is 2.88. The summed E-state index contributed by atoms with van der Waals surface area (Å²) in [6, 6.07) is 8.64. The third kappa shape index (κ3) is 4.19. The van der Waals surface area contributed by atoms with Crippen LogP contribution in [0.5, 0.6) is 0 Å². The summed E-state index contributed by atoms with van der Waals surface area (Å²) >= 11 is 0. The van der Waals surface area contributed by atoms with Gasteiger partial charge in [0, 0.05) is 12.2 Å². The van der Waals surface area contributed by atoms with Crippen molar-refractivity contribution in [2.75, 3.05) is 11.9 Å². The fourth-order valence-electron chi connectivity index (χ4n) is 2.49. The van der Waals surface area contributed by atoms with Gasteiger partial charge in [0.1, 0.15) is 11.5 Å². The number of carbonyl (C=O) groups is 1. The molecule has 1 aromatic heterocycles. The van der Waals surface area contributed by atoms with E-state index in [0.717, 1.165) is 17.8 Å². The summed E-state index contributed by atoms with van der Waals surface area (Å²) in [5, 5.41) is 5.80. The van der Waals surface area contributed by atoms with E-state index in [9.17, 15) is 9.18 Å². The van der Waals surface area contributed by atoms with E-state index in [2.05, 4.69) is 15.6 Å². The zero-order chi connectivity index (χ0) is 14.8. The normalized spacial score (nSPS) is 12.4. The van der Waals surface area contributed by atoms with Crippen LogP contribution in [0.3, 0.4) is 0 Å². The molecule has 2 aromatic rings. The molecule has 0 radical (unpaired) electrons. The molecule has 2 heterocycles. The van der Waals surface area contributed by atoms with Gasteiger partial charge < -0.3 is 10.6 Å². The van der Waals surface area contributed by atoms with Crippen molar-refractivity contribution in [1.29, 1.82) is 0 Å². The molecule has 7 heteroatoms. The van der Waals surface area contributed by atoms with Crippen molar-refractivity contribution in [2.24, 2.45) is 0 Å². The van der Waals surface area contributed by atoms with Crippen molar-refractivity contribution in [2.45, 2.75) is 19.9 Å². The zero-order valence-electron chi connectivity index (χ0n) is 12.6. The summed E-state index contributed by atoms with van der Waals surface area (Å²) in [6.45, 7) is 3.23. The summed E-state index contributed by atoms with van der Waals surface area (Å²) < 4.78 is 14.4. The molecule has 1 aromatic carbocycles. The van der Waals surface area contributed by atoms with Crippen LogP contribution in [0.15, 0.2) is 30.3 Å². The Hall–Kier alpha value is -1.69. The number of pyridine rings is 1. The van der Waals surface area contributed by atoms with Crippen molar-refractivity contribution in [1.82, 2.24) is 10.3 Å². The molecule has 0 saturated carbocycles. The van der Waals surface area contributed by atoms with Crippen LogP contribution < -0.4 is 10.6 Å². The molecule has 124 valence electrons. The predicted molar refractivity (Wildman–Crippen MR) is 93.2 cm³/mol. The third-order valence-electron chi connectivity index (χ3n) is 3.58. The lowest BCUT2D eigenvalue weighted by Gasteiger charge is -2.19. The van der Waals surface area contributed by atoms with Crippen LogP contribution in [0.1, 0.15) is 27.3 Å². The average Bonchev–Trinajstić information content (AvgIpc) is 2.50.